The number of hydrogen-bond acceptors (Lipinski definition) is 6. The molecule has 0 saturated carbocycles. The molecule has 0 N–H and O–H groups in total. The SMILES string of the molecule is CCCCOc1ccc(C=C2SC(=S)N(CC(=O)OCCC)C2=O)cc1. The van der Waals surface area contributed by atoms with Gasteiger partial charge in [-0.15, -0.1) is 0 Å². The summed E-state index contributed by atoms with van der Waals surface area (Å²) in [5, 5.41) is 0. The molecule has 1 heterocycles. The van der Waals surface area contributed by atoms with E-state index in [9.17, 15) is 9.59 Å². The topological polar surface area (TPSA) is 55.8 Å². The van der Waals surface area contributed by atoms with Crippen LogP contribution in [0.25, 0.3) is 6.08 Å². The van der Waals surface area contributed by atoms with E-state index in [0.29, 0.717) is 22.4 Å². The monoisotopic (exact) mass is 393 g/mol. The van der Waals surface area contributed by atoms with Gasteiger partial charge in [0.2, 0.25) is 0 Å². The Balaban J connectivity index is 1.99. The number of esters is 1. The molecule has 5 nitrogen and oxygen atoms in total. The van der Waals surface area contributed by atoms with Crippen molar-refractivity contribution >= 4 is 46.3 Å². The second-order valence-corrected chi connectivity index (χ2v) is 7.44. The molecule has 140 valence electrons. The molecule has 0 atom stereocenters. The summed E-state index contributed by atoms with van der Waals surface area (Å²) in [6.07, 6.45) is 4.62. The molecule has 0 spiro atoms. The predicted octanol–water partition coefficient (Wildman–Crippen LogP) is 4.02. The molecule has 0 radical (unpaired) electrons. The third kappa shape index (κ3) is 5.85. The van der Waals surface area contributed by atoms with Gasteiger partial charge in [0.1, 0.15) is 16.6 Å². The molecule has 1 aromatic carbocycles. The molecule has 1 fully saturated rings. The maximum absolute atomic E-state index is 12.5. The highest BCUT2D eigenvalue weighted by molar-refractivity contribution is 8.26. The van der Waals surface area contributed by atoms with Gasteiger partial charge < -0.3 is 9.47 Å². The number of hydrogen-bond donors (Lipinski definition) is 0. The largest absolute Gasteiger partial charge is 0.494 e. The highest BCUT2D eigenvalue weighted by Gasteiger charge is 2.33. The van der Waals surface area contributed by atoms with E-state index in [0.717, 1.165) is 30.6 Å². The minimum absolute atomic E-state index is 0.147. The summed E-state index contributed by atoms with van der Waals surface area (Å²) in [6.45, 7) is 4.92. The van der Waals surface area contributed by atoms with Gasteiger partial charge in [0.15, 0.2) is 0 Å². The van der Waals surface area contributed by atoms with Crippen molar-refractivity contribution in [2.75, 3.05) is 19.8 Å². The minimum atomic E-state index is -0.446. The van der Waals surface area contributed by atoms with Crippen molar-refractivity contribution in [3.05, 3.63) is 34.7 Å². The van der Waals surface area contributed by atoms with Crippen LogP contribution in [0.2, 0.25) is 0 Å². The maximum atomic E-state index is 12.5. The molecular formula is C19H23NO4S2. The smallest absolute Gasteiger partial charge is 0.326 e. The number of carbonyl (C=O) groups is 2. The maximum Gasteiger partial charge on any atom is 0.326 e. The van der Waals surface area contributed by atoms with Crippen molar-refractivity contribution < 1.29 is 19.1 Å². The Bertz CT molecular complexity index is 685. The van der Waals surface area contributed by atoms with Crippen LogP contribution in [0, 0.1) is 0 Å². The zero-order valence-electron chi connectivity index (χ0n) is 15.0. The highest BCUT2D eigenvalue weighted by Crippen LogP contribution is 2.32. The van der Waals surface area contributed by atoms with Crippen LogP contribution in [-0.4, -0.2) is 40.9 Å². The molecule has 7 heteroatoms. The van der Waals surface area contributed by atoms with E-state index < -0.39 is 5.97 Å². The number of thiocarbonyl (C=S) groups is 1. The second-order valence-electron chi connectivity index (χ2n) is 5.76. The lowest BCUT2D eigenvalue weighted by atomic mass is 10.2. The fraction of sp³-hybridized carbons (Fsp3) is 0.421. The predicted molar refractivity (Wildman–Crippen MR) is 108 cm³/mol. The summed E-state index contributed by atoms with van der Waals surface area (Å²) < 4.78 is 11.0. The van der Waals surface area contributed by atoms with Crippen LogP contribution in [-0.2, 0) is 14.3 Å². The lowest BCUT2D eigenvalue weighted by Crippen LogP contribution is -2.34. The van der Waals surface area contributed by atoms with Gasteiger partial charge in [0.05, 0.1) is 18.1 Å². The van der Waals surface area contributed by atoms with Crippen molar-refractivity contribution in [3.63, 3.8) is 0 Å². The highest BCUT2D eigenvalue weighted by atomic mass is 32.2. The first kappa shape index (κ1) is 20.5. The number of benzene rings is 1. The summed E-state index contributed by atoms with van der Waals surface area (Å²) in [7, 11) is 0. The lowest BCUT2D eigenvalue weighted by Gasteiger charge is -2.13. The first-order valence-corrected chi connectivity index (χ1v) is 9.91. The number of nitrogens with zero attached hydrogens (tertiary/aromatic N) is 1. The fourth-order valence-corrected chi connectivity index (χ4v) is 3.43. The average molecular weight is 394 g/mol. The Hall–Kier alpha value is -1.86. The normalized spacial score (nSPS) is 15.6. The molecule has 0 unspecified atom stereocenters. The van der Waals surface area contributed by atoms with Crippen LogP contribution in [0.5, 0.6) is 5.75 Å². The first-order valence-electron chi connectivity index (χ1n) is 8.69. The number of rotatable bonds is 9. The molecule has 1 aliphatic heterocycles. The van der Waals surface area contributed by atoms with Gasteiger partial charge in [0, 0.05) is 0 Å². The van der Waals surface area contributed by atoms with E-state index >= 15 is 0 Å². The van der Waals surface area contributed by atoms with Crippen molar-refractivity contribution in [2.45, 2.75) is 33.1 Å². The number of amides is 1. The molecule has 1 amide bonds. The number of thioether (sulfide) groups is 1. The lowest BCUT2D eigenvalue weighted by molar-refractivity contribution is -0.146. The standard InChI is InChI=1S/C19H23NO4S2/c1-3-5-11-23-15-8-6-14(7-9-15)12-16-18(22)20(19(25)26-16)13-17(21)24-10-4-2/h6-9,12H,3-5,10-11,13H2,1-2H3. The van der Waals surface area contributed by atoms with E-state index in [-0.39, 0.29) is 12.5 Å². The Morgan fingerprint density at radius 1 is 1.19 bits per heavy atom. The van der Waals surface area contributed by atoms with Gasteiger partial charge in [-0.2, -0.15) is 0 Å². The van der Waals surface area contributed by atoms with Gasteiger partial charge in [-0.25, -0.2) is 0 Å². The molecule has 0 aliphatic carbocycles. The van der Waals surface area contributed by atoms with E-state index in [1.165, 1.54) is 16.7 Å². The average Bonchev–Trinajstić information content (AvgIpc) is 2.89. The van der Waals surface area contributed by atoms with Crippen LogP contribution in [0.1, 0.15) is 38.7 Å². The number of ether oxygens (including phenoxy) is 2. The fourth-order valence-electron chi connectivity index (χ4n) is 2.17. The Morgan fingerprint density at radius 3 is 2.58 bits per heavy atom. The zero-order valence-corrected chi connectivity index (χ0v) is 16.7. The molecule has 0 bridgehead atoms. The van der Waals surface area contributed by atoms with Crippen molar-refractivity contribution in [1.82, 2.24) is 4.90 Å². The molecular weight excluding hydrogens is 370 g/mol. The number of carbonyl (C=O) groups excluding carboxylic acids is 2. The van der Waals surface area contributed by atoms with Crippen molar-refractivity contribution in [3.8, 4) is 5.75 Å². The summed E-state index contributed by atoms with van der Waals surface area (Å²) in [4.78, 5) is 26.0. The summed E-state index contributed by atoms with van der Waals surface area (Å²) >= 11 is 6.41. The Kier molecular flexibility index (Phi) is 8.12. The van der Waals surface area contributed by atoms with Crippen LogP contribution in [0.4, 0.5) is 0 Å². The summed E-state index contributed by atoms with van der Waals surface area (Å²) in [5.41, 5.74) is 0.877. The van der Waals surface area contributed by atoms with E-state index in [1.807, 2.05) is 31.2 Å². The molecule has 1 aliphatic rings. The Morgan fingerprint density at radius 2 is 1.92 bits per heavy atom. The van der Waals surface area contributed by atoms with Gasteiger partial charge >= 0.3 is 5.97 Å². The van der Waals surface area contributed by atoms with Crippen LogP contribution in [0.3, 0.4) is 0 Å². The van der Waals surface area contributed by atoms with E-state index in [1.54, 1.807) is 6.08 Å². The molecule has 0 aromatic heterocycles. The third-order valence-corrected chi connectivity index (χ3v) is 4.95. The molecule has 1 aromatic rings. The summed E-state index contributed by atoms with van der Waals surface area (Å²) in [6, 6.07) is 7.54. The summed E-state index contributed by atoms with van der Waals surface area (Å²) in [5.74, 6) is 0.0940. The first-order chi connectivity index (χ1) is 12.5. The quantitative estimate of drug-likeness (QED) is 0.273. The number of unbranched alkanes of at least 4 members (excludes halogenated alkanes) is 1. The molecule has 26 heavy (non-hydrogen) atoms. The van der Waals surface area contributed by atoms with Crippen LogP contribution < -0.4 is 4.74 Å². The van der Waals surface area contributed by atoms with Gasteiger partial charge in [0.25, 0.3) is 5.91 Å². The van der Waals surface area contributed by atoms with Crippen LogP contribution >= 0.6 is 24.0 Å². The third-order valence-electron chi connectivity index (χ3n) is 3.57. The van der Waals surface area contributed by atoms with E-state index in [4.69, 9.17) is 21.7 Å². The second kappa shape index (κ2) is 10.3. The van der Waals surface area contributed by atoms with Gasteiger partial charge in [-0.1, -0.05) is 56.4 Å². The van der Waals surface area contributed by atoms with Crippen LogP contribution in [0.15, 0.2) is 29.2 Å². The minimum Gasteiger partial charge on any atom is -0.494 e. The zero-order chi connectivity index (χ0) is 18.9. The van der Waals surface area contributed by atoms with Gasteiger partial charge in [-0.05, 0) is 36.6 Å². The molecule has 1 saturated heterocycles. The molecule has 2 rings (SSSR count). The van der Waals surface area contributed by atoms with Crippen molar-refractivity contribution in [2.24, 2.45) is 0 Å². The van der Waals surface area contributed by atoms with Crippen molar-refractivity contribution in [1.29, 1.82) is 0 Å². The van der Waals surface area contributed by atoms with E-state index in [2.05, 4.69) is 6.92 Å². The van der Waals surface area contributed by atoms with Gasteiger partial charge in [-0.3, -0.25) is 14.5 Å². The Labute approximate surface area is 163 Å².